The maximum atomic E-state index is 11.8. The smallest absolute Gasteiger partial charge is 0.340 e. The second kappa shape index (κ2) is 7.49. The molecular weight excluding hydrogens is 349 g/mol. The van der Waals surface area contributed by atoms with Crippen LogP contribution in [-0.4, -0.2) is 18.5 Å². The Balaban J connectivity index is 1.96. The van der Waals surface area contributed by atoms with Crippen molar-refractivity contribution in [1.82, 2.24) is 0 Å². The Morgan fingerprint density at radius 3 is 2.14 bits per heavy atom. The Kier molecular flexibility index (Phi) is 5.66. The molecule has 0 radical (unpaired) electrons. The summed E-state index contributed by atoms with van der Waals surface area (Å²) in [5.74, 6) is -1.25. The highest BCUT2D eigenvalue weighted by molar-refractivity contribution is 6.39. The molecule has 2 rings (SSSR count). The Labute approximate surface area is 141 Å². The van der Waals surface area contributed by atoms with Crippen LogP contribution in [0.15, 0.2) is 42.5 Å². The molecule has 1 amide bonds. The first kappa shape index (κ1) is 16.6. The minimum atomic E-state index is -0.689. The number of para-hydroxylation sites is 1. The molecule has 1 N–H and O–H groups in total. The SMILES string of the molecule is O=C(COC(=O)c1ccccc1Cl)Nc1c(Cl)cccc1Cl. The van der Waals surface area contributed by atoms with Crippen molar-refractivity contribution in [3.63, 3.8) is 0 Å². The highest BCUT2D eigenvalue weighted by Crippen LogP contribution is 2.29. The number of nitrogens with one attached hydrogen (secondary N) is 1. The number of amides is 1. The number of esters is 1. The van der Waals surface area contributed by atoms with Crippen LogP contribution in [0.3, 0.4) is 0 Å². The molecule has 0 aliphatic heterocycles. The maximum Gasteiger partial charge on any atom is 0.340 e. The molecule has 2 aromatic rings. The van der Waals surface area contributed by atoms with E-state index in [1.807, 2.05) is 0 Å². The molecule has 0 fully saturated rings. The maximum absolute atomic E-state index is 11.8. The topological polar surface area (TPSA) is 55.4 Å². The zero-order valence-electron chi connectivity index (χ0n) is 11.1. The standard InChI is InChI=1S/C15H10Cl3NO3/c16-10-5-2-1-4-9(10)15(21)22-8-13(20)19-14-11(17)6-3-7-12(14)18/h1-7H,8H2,(H,19,20). The van der Waals surface area contributed by atoms with Gasteiger partial charge in [0.1, 0.15) is 0 Å². The second-order valence-corrected chi connectivity index (χ2v) is 5.42. The van der Waals surface area contributed by atoms with Gasteiger partial charge in [0.25, 0.3) is 5.91 Å². The number of halogens is 3. The van der Waals surface area contributed by atoms with Crippen molar-refractivity contribution in [2.24, 2.45) is 0 Å². The lowest BCUT2D eigenvalue weighted by Crippen LogP contribution is -2.21. The molecule has 0 aromatic heterocycles. The number of carbonyl (C=O) groups is 2. The van der Waals surface area contributed by atoms with Crippen LogP contribution in [-0.2, 0) is 9.53 Å². The third-order valence-electron chi connectivity index (χ3n) is 2.66. The lowest BCUT2D eigenvalue weighted by molar-refractivity contribution is -0.119. The monoisotopic (exact) mass is 357 g/mol. The third kappa shape index (κ3) is 4.13. The van der Waals surface area contributed by atoms with Gasteiger partial charge in [-0.15, -0.1) is 0 Å². The third-order valence-corrected chi connectivity index (χ3v) is 3.61. The number of hydrogen-bond acceptors (Lipinski definition) is 3. The van der Waals surface area contributed by atoms with Crippen LogP contribution in [0.4, 0.5) is 5.69 Å². The first-order valence-corrected chi connectivity index (χ1v) is 7.28. The largest absolute Gasteiger partial charge is 0.452 e. The highest BCUT2D eigenvalue weighted by atomic mass is 35.5. The molecule has 0 aliphatic rings. The molecule has 4 nitrogen and oxygen atoms in total. The summed E-state index contributed by atoms with van der Waals surface area (Å²) in [6, 6.07) is 11.2. The quantitative estimate of drug-likeness (QED) is 0.822. The van der Waals surface area contributed by atoms with Gasteiger partial charge in [-0.2, -0.15) is 0 Å². The summed E-state index contributed by atoms with van der Waals surface area (Å²) in [4.78, 5) is 23.6. The summed E-state index contributed by atoms with van der Waals surface area (Å²) in [6.07, 6.45) is 0. The van der Waals surface area contributed by atoms with Crippen molar-refractivity contribution in [3.05, 3.63) is 63.1 Å². The minimum absolute atomic E-state index is 0.188. The van der Waals surface area contributed by atoms with E-state index >= 15 is 0 Å². The number of rotatable bonds is 4. The number of anilines is 1. The van der Waals surface area contributed by atoms with Crippen LogP contribution in [0.25, 0.3) is 0 Å². The number of hydrogen-bond donors (Lipinski definition) is 1. The first-order valence-electron chi connectivity index (χ1n) is 6.14. The van der Waals surface area contributed by atoms with Crippen molar-refractivity contribution >= 4 is 52.4 Å². The molecule has 0 unspecified atom stereocenters. The van der Waals surface area contributed by atoms with E-state index in [-0.39, 0.29) is 16.3 Å². The molecule has 0 aliphatic carbocycles. The highest BCUT2D eigenvalue weighted by Gasteiger charge is 2.14. The fraction of sp³-hybridized carbons (Fsp3) is 0.0667. The van der Waals surface area contributed by atoms with Gasteiger partial charge in [-0.1, -0.05) is 53.0 Å². The van der Waals surface area contributed by atoms with Gasteiger partial charge < -0.3 is 10.1 Å². The Hall–Kier alpha value is -1.75. The Morgan fingerprint density at radius 1 is 0.909 bits per heavy atom. The van der Waals surface area contributed by atoms with E-state index in [2.05, 4.69) is 5.32 Å². The van der Waals surface area contributed by atoms with Gasteiger partial charge in [0.05, 0.1) is 26.3 Å². The molecule has 0 saturated carbocycles. The van der Waals surface area contributed by atoms with Crippen molar-refractivity contribution in [2.75, 3.05) is 11.9 Å². The van der Waals surface area contributed by atoms with E-state index in [4.69, 9.17) is 39.5 Å². The van der Waals surface area contributed by atoms with Crippen LogP contribution in [0.5, 0.6) is 0 Å². The molecular formula is C15H10Cl3NO3. The van der Waals surface area contributed by atoms with Crippen molar-refractivity contribution in [1.29, 1.82) is 0 Å². The van der Waals surface area contributed by atoms with Crippen molar-refractivity contribution in [2.45, 2.75) is 0 Å². The van der Waals surface area contributed by atoms with Crippen LogP contribution >= 0.6 is 34.8 Å². The lowest BCUT2D eigenvalue weighted by Gasteiger charge is -2.10. The number of carbonyl (C=O) groups excluding carboxylic acids is 2. The Bertz CT molecular complexity index is 699. The van der Waals surface area contributed by atoms with Gasteiger partial charge in [0.2, 0.25) is 0 Å². The summed E-state index contributed by atoms with van der Waals surface area (Å²) in [5, 5.41) is 3.32. The fourth-order valence-electron chi connectivity index (χ4n) is 1.63. The number of ether oxygens (including phenoxy) is 1. The summed E-state index contributed by atoms with van der Waals surface area (Å²) in [7, 11) is 0. The predicted octanol–water partition coefficient (Wildman–Crippen LogP) is 4.44. The van der Waals surface area contributed by atoms with Crippen LogP contribution in [0.2, 0.25) is 15.1 Å². The summed E-state index contributed by atoms with van der Waals surface area (Å²) in [6.45, 7) is -0.481. The van der Waals surface area contributed by atoms with E-state index in [0.717, 1.165) is 0 Å². The van der Waals surface area contributed by atoms with E-state index in [1.165, 1.54) is 6.07 Å². The number of benzene rings is 2. The molecule has 0 heterocycles. The molecule has 7 heteroatoms. The summed E-state index contributed by atoms with van der Waals surface area (Å²) in [5.41, 5.74) is 0.456. The summed E-state index contributed by atoms with van der Waals surface area (Å²) >= 11 is 17.7. The zero-order chi connectivity index (χ0) is 16.1. The first-order chi connectivity index (χ1) is 10.5. The fourth-order valence-corrected chi connectivity index (χ4v) is 2.33. The molecule has 0 atom stereocenters. The van der Waals surface area contributed by atoms with E-state index < -0.39 is 18.5 Å². The lowest BCUT2D eigenvalue weighted by atomic mass is 10.2. The zero-order valence-corrected chi connectivity index (χ0v) is 13.4. The van der Waals surface area contributed by atoms with Gasteiger partial charge in [-0.05, 0) is 24.3 Å². The summed E-state index contributed by atoms with van der Waals surface area (Å²) < 4.78 is 4.90. The molecule has 0 bridgehead atoms. The van der Waals surface area contributed by atoms with E-state index in [9.17, 15) is 9.59 Å². The second-order valence-electron chi connectivity index (χ2n) is 4.20. The van der Waals surface area contributed by atoms with Gasteiger partial charge in [0.15, 0.2) is 6.61 Å². The van der Waals surface area contributed by atoms with Crippen LogP contribution in [0, 0.1) is 0 Å². The molecule has 22 heavy (non-hydrogen) atoms. The predicted molar refractivity (Wildman–Crippen MR) is 86.8 cm³/mol. The van der Waals surface area contributed by atoms with Gasteiger partial charge in [-0.3, -0.25) is 4.79 Å². The minimum Gasteiger partial charge on any atom is -0.452 e. The normalized spacial score (nSPS) is 10.1. The van der Waals surface area contributed by atoms with Crippen molar-refractivity contribution in [3.8, 4) is 0 Å². The average Bonchev–Trinajstić information content (AvgIpc) is 2.49. The van der Waals surface area contributed by atoms with Crippen molar-refractivity contribution < 1.29 is 14.3 Å². The van der Waals surface area contributed by atoms with E-state index in [0.29, 0.717) is 10.0 Å². The van der Waals surface area contributed by atoms with Gasteiger partial charge in [-0.25, -0.2) is 4.79 Å². The van der Waals surface area contributed by atoms with Gasteiger partial charge in [0, 0.05) is 0 Å². The van der Waals surface area contributed by atoms with Crippen LogP contribution < -0.4 is 5.32 Å². The average molecular weight is 359 g/mol. The van der Waals surface area contributed by atoms with Crippen LogP contribution in [0.1, 0.15) is 10.4 Å². The van der Waals surface area contributed by atoms with Gasteiger partial charge >= 0.3 is 5.97 Å². The van der Waals surface area contributed by atoms with E-state index in [1.54, 1.807) is 36.4 Å². The molecule has 0 spiro atoms. The molecule has 2 aromatic carbocycles. The molecule has 114 valence electrons. The molecule has 0 saturated heterocycles. The Morgan fingerprint density at radius 2 is 1.50 bits per heavy atom.